The zero-order valence-corrected chi connectivity index (χ0v) is 12.5. The smallest absolute Gasteiger partial charge is 0.163 e. The van der Waals surface area contributed by atoms with Gasteiger partial charge >= 0.3 is 0 Å². The molecule has 3 unspecified atom stereocenters. The summed E-state index contributed by atoms with van der Waals surface area (Å²) in [5.74, 6) is 2.69. The summed E-state index contributed by atoms with van der Waals surface area (Å²) in [6, 6.07) is 3.89. The van der Waals surface area contributed by atoms with Crippen molar-refractivity contribution in [2.75, 3.05) is 0 Å². The van der Waals surface area contributed by atoms with Gasteiger partial charge in [0, 0.05) is 17.0 Å². The van der Waals surface area contributed by atoms with E-state index in [4.69, 9.17) is 11.6 Å². The van der Waals surface area contributed by atoms with E-state index in [0.29, 0.717) is 11.7 Å². The summed E-state index contributed by atoms with van der Waals surface area (Å²) in [6.45, 7) is 3.95. The molecule has 0 spiro atoms. The maximum absolute atomic E-state index is 12.5. The summed E-state index contributed by atoms with van der Waals surface area (Å²) in [5.41, 5.74) is 2.90. The second-order valence-electron chi connectivity index (χ2n) is 6.48. The largest absolute Gasteiger partial charge is 0.294 e. The van der Waals surface area contributed by atoms with E-state index in [1.807, 2.05) is 26.0 Å². The number of halogens is 1. The third-order valence-electron chi connectivity index (χ3n) is 5.14. The Balaban J connectivity index is 1.75. The number of hydrogen-bond acceptors (Lipinski definition) is 1. The van der Waals surface area contributed by atoms with Crippen LogP contribution < -0.4 is 0 Å². The average Bonchev–Trinajstić information content (AvgIpc) is 2.95. The van der Waals surface area contributed by atoms with Gasteiger partial charge in [0.25, 0.3) is 0 Å². The van der Waals surface area contributed by atoms with Crippen LogP contribution in [0.15, 0.2) is 12.1 Å². The van der Waals surface area contributed by atoms with Crippen LogP contribution in [0, 0.1) is 31.6 Å². The quantitative estimate of drug-likeness (QED) is 0.713. The Hall–Kier alpha value is -0.820. The van der Waals surface area contributed by atoms with Gasteiger partial charge in [-0.3, -0.25) is 4.79 Å². The molecule has 0 aliphatic heterocycles. The number of rotatable bonds is 3. The molecule has 0 aromatic heterocycles. The summed E-state index contributed by atoms with van der Waals surface area (Å²) in [6.07, 6.45) is 6.14. The number of ketones is 1. The highest BCUT2D eigenvalue weighted by Crippen LogP contribution is 2.49. The van der Waals surface area contributed by atoms with E-state index in [-0.39, 0.29) is 0 Å². The number of hydrogen-bond donors (Lipinski definition) is 0. The predicted molar refractivity (Wildman–Crippen MR) is 78.8 cm³/mol. The molecule has 0 radical (unpaired) electrons. The first-order valence-electron chi connectivity index (χ1n) is 7.34. The lowest BCUT2D eigenvalue weighted by Crippen LogP contribution is -2.16. The van der Waals surface area contributed by atoms with Crippen molar-refractivity contribution in [2.24, 2.45) is 17.8 Å². The minimum atomic E-state index is 0.315. The number of Topliss-reactive ketones (excluding diaryl/α,β-unsaturated/α-hetero) is 1. The number of aryl methyl sites for hydroxylation is 2. The molecule has 1 aromatic carbocycles. The van der Waals surface area contributed by atoms with Crippen molar-refractivity contribution in [3.8, 4) is 0 Å². The molecule has 1 aromatic rings. The van der Waals surface area contributed by atoms with E-state index < -0.39 is 0 Å². The van der Waals surface area contributed by atoms with Gasteiger partial charge in [-0.2, -0.15) is 0 Å². The van der Waals surface area contributed by atoms with E-state index >= 15 is 0 Å². The molecule has 2 saturated carbocycles. The van der Waals surface area contributed by atoms with Gasteiger partial charge in [0.1, 0.15) is 0 Å². The van der Waals surface area contributed by atoms with Crippen molar-refractivity contribution in [1.29, 1.82) is 0 Å². The van der Waals surface area contributed by atoms with Gasteiger partial charge in [-0.05, 0) is 74.1 Å². The first-order chi connectivity index (χ1) is 9.04. The van der Waals surface area contributed by atoms with Gasteiger partial charge in [0.05, 0.1) is 0 Å². The molecule has 1 nitrogen and oxygen atoms in total. The molecule has 19 heavy (non-hydrogen) atoms. The average molecular weight is 277 g/mol. The molecule has 2 aliphatic rings. The number of fused-ring (bicyclic) bond motifs is 2. The lowest BCUT2D eigenvalue weighted by atomic mass is 9.83. The lowest BCUT2D eigenvalue weighted by molar-refractivity contribution is 0.0943. The van der Waals surface area contributed by atoms with Crippen molar-refractivity contribution in [2.45, 2.75) is 46.0 Å². The van der Waals surface area contributed by atoms with Crippen LogP contribution in [-0.2, 0) is 0 Å². The van der Waals surface area contributed by atoms with Gasteiger partial charge in [0.2, 0.25) is 0 Å². The zero-order valence-electron chi connectivity index (χ0n) is 11.7. The summed E-state index contributed by atoms with van der Waals surface area (Å²) in [7, 11) is 0. The molecule has 0 N–H and O–H groups in total. The second-order valence-corrected chi connectivity index (χ2v) is 6.89. The number of benzene rings is 1. The Labute approximate surface area is 120 Å². The van der Waals surface area contributed by atoms with Crippen LogP contribution in [0.2, 0.25) is 5.02 Å². The van der Waals surface area contributed by atoms with Gasteiger partial charge in [-0.25, -0.2) is 0 Å². The molecule has 102 valence electrons. The van der Waals surface area contributed by atoms with Crippen LogP contribution in [-0.4, -0.2) is 5.78 Å². The molecule has 2 aliphatic carbocycles. The van der Waals surface area contributed by atoms with Crippen LogP contribution in [0.25, 0.3) is 0 Å². The Bertz CT molecular complexity index is 520. The fraction of sp³-hybridized carbons (Fsp3) is 0.588. The third-order valence-corrected chi connectivity index (χ3v) is 5.55. The zero-order chi connectivity index (χ0) is 13.6. The summed E-state index contributed by atoms with van der Waals surface area (Å²) in [4.78, 5) is 12.5. The second kappa shape index (κ2) is 4.94. The number of carbonyl (C=O) groups is 1. The van der Waals surface area contributed by atoms with Crippen LogP contribution in [0.3, 0.4) is 0 Å². The molecule has 0 amide bonds. The maximum atomic E-state index is 12.5. The normalized spacial score (nSPS) is 28.9. The first-order valence-corrected chi connectivity index (χ1v) is 7.72. The Kier molecular flexibility index (Phi) is 3.42. The van der Waals surface area contributed by atoms with E-state index in [9.17, 15) is 4.79 Å². The summed E-state index contributed by atoms with van der Waals surface area (Å²) >= 11 is 6.10. The Morgan fingerprint density at radius 1 is 1.21 bits per heavy atom. The van der Waals surface area contributed by atoms with Crippen LogP contribution >= 0.6 is 11.6 Å². The van der Waals surface area contributed by atoms with E-state index in [0.717, 1.165) is 40.0 Å². The standard InChI is InChI=1S/C17H21ClO/c1-10-6-16(18)11(2)5-15(10)17(19)9-14-8-12-3-4-13(14)7-12/h5-6,12-14H,3-4,7-9H2,1-2H3. The summed E-state index contributed by atoms with van der Waals surface area (Å²) in [5, 5.41) is 0.758. The van der Waals surface area contributed by atoms with Gasteiger partial charge < -0.3 is 0 Å². The molecular weight excluding hydrogens is 256 g/mol. The summed E-state index contributed by atoms with van der Waals surface area (Å²) < 4.78 is 0. The van der Waals surface area contributed by atoms with Crippen molar-refractivity contribution in [1.82, 2.24) is 0 Å². The molecule has 0 saturated heterocycles. The molecule has 3 atom stereocenters. The fourth-order valence-electron chi connectivity index (χ4n) is 4.06. The van der Waals surface area contributed by atoms with Gasteiger partial charge in [-0.15, -0.1) is 0 Å². The molecular formula is C17H21ClO. The molecule has 2 bridgehead atoms. The van der Waals surface area contributed by atoms with Crippen LogP contribution in [0.1, 0.15) is 53.6 Å². The van der Waals surface area contributed by atoms with Gasteiger partial charge in [-0.1, -0.05) is 18.0 Å². The minimum absolute atomic E-state index is 0.315. The maximum Gasteiger partial charge on any atom is 0.163 e. The Morgan fingerprint density at radius 2 is 2.00 bits per heavy atom. The predicted octanol–water partition coefficient (Wildman–Crippen LogP) is 4.97. The van der Waals surface area contributed by atoms with Crippen molar-refractivity contribution < 1.29 is 4.79 Å². The van der Waals surface area contributed by atoms with Gasteiger partial charge in [0.15, 0.2) is 5.78 Å². The highest BCUT2D eigenvalue weighted by atomic mass is 35.5. The fourth-order valence-corrected chi connectivity index (χ4v) is 4.27. The first kappa shape index (κ1) is 13.2. The molecule has 2 fully saturated rings. The van der Waals surface area contributed by atoms with Crippen molar-refractivity contribution in [3.05, 3.63) is 33.8 Å². The highest BCUT2D eigenvalue weighted by molar-refractivity contribution is 6.31. The van der Waals surface area contributed by atoms with E-state index in [1.54, 1.807) is 0 Å². The van der Waals surface area contributed by atoms with Crippen molar-refractivity contribution >= 4 is 17.4 Å². The van der Waals surface area contributed by atoms with E-state index in [2.05, 4.69) is 0 Å². The number of carbonyl (C=O) groups excluding carboxylic acids is 1. The Morgan fingerprint density at radius 3 is 2.63 bits per heavy atom. The highest BCUT2D eigenvalue weighted by Gasteiger charge is 2.40. The topological polar surface area (TPSA) is 17.1 Å². The van der Waals surface area contributed by atoms with E-state index in [1.165, 1.54) is 25.7 Å². The monoisotopic (exact) mass is 276 g/mol. The molecule has 2 heteroatoms. The SMILES string of the molecule is Cc1cc(C(=O)CC2CC3CCC2C3)c(C)cc1Cl. The lowest BCUT2D eigenvalue weighted by Gasteiger charge is -2.21. The van der Waals surface area contributed by atoms with Crippen LogP contribution in [0.4, 0.5) is 0 Å². The van der Waals surface area contributed by atoms with Crippen molar-refractivity contribution in [3.63, 3.8) is 0 Å². The molecule has 3 rings (SSSR count). The van der Waals surface area contributed by atoms with Crippen LogP contribution in [0.5, 0.6) is 0 Å². The third kappa shape index (κ3) is 2.45. The minimum Gasteiger partial charge on any atom is -0.294 e. The molecule has 0 heterocycles.